The van der Waals surface area contributed by atoms with Crippen LogP contribution in [0.3, 0.4) is 0 Å². The lowest BCUT2D eigenvalue weighted by molar-refractivity contribution is -0.119. The highest BCUT2D eigenvalue weighted by Gasteiger charge is 2.16. The SMILES string of the molecule is CC(C)N(C)C.CC(C)N1CCN(C=O)CC1. The van der Waals surface area contributed by atoms with Crippen LogP contribution >= 0.6 is 0 Å². The number of piperazine rings is 1. The Bertz CT molecular complexity index is 191. The van der Waals surface area contributed by atoms with Crippen molar-refractivity contribution in [2.24, 2.45) is 0 Å². The molecule has 0 atom stereocenters. The summed E-state index contributed by atoms with van der Waals surface area (Å²) in [6.45, 7) is 12.5. The van der Waals surface area contributed by atoms with Crippen molar-refractivity contribution >= 4 is 6.41 Å². The molecule has 102 valence electrons. The molecule has 0 aromatic heterocycles. The highest BCUT2D eigenvalue weighted by atomic mass is 16.1. The van der Waals surface area contributed by atoms with Gasteiger partial charge in [0.25, 0.3) is 0 Å². The van der Waals surface area contributed by atoms with E-state index in [4.69, 9.17) is 0 Å². The van der Waals surface area contributed by atoms with Gasteiger partial charge < -0.3 is 9.80 Å². The molecule has 0 aromatic rings. The van der Waals surface area contributed by atoms with Gasteiger partial charge in [-0.2, -0.15) is 0 Å². The van der Waals surface area contributed by atoms with Gasteiger partial charge in [-0.1, -0.05) is 0 Å². The first-order chi connectivity index (χ1) is 7.88. The molecule has 0 spiro atoms. The van der Waals surface area contributed by atoms with E-state index in [0.29, 0.717) is 12.1 Å². The van der Waals surface area contributed by atoms with E-state index in [0.717, 1.165) is 32.6 Å². The van der Waals surface area contributed by atoms with Crippen LogP contribution in [0.25, 0.3) is 0 Å². The molecule has 0 N–H and O–H groups in total. The predicted octanol–water partition coefficient (Wildman–Crippen LogP) is 1.13. The Morgan fingerprint density at radius 1 is 1.00 bits per heavy atom. The largest absolute Gasteiger partial charge is 0.343 e. The van der Waals surface area contributed by atoms with E-state index in [9.17, 15) is 4.79 Å². The molecule has 4 nitrogen and oxygen atoms in total. The molecule has 1 amide bonds. The van der Waals surface area contributed by atoms with Gasteiger partial charge in [0.15, 0.2) is 0 Å². The van der Waals surface area contributed by atoms with Crippen LogP contribution in [0, 0.1) is 0 Å². The average Bonchev–Trinajstić information content (AvgIpc) is 2.29. The highest BCUT2D eigenvalue weighted by molar-refractivity contribution is 5.47. The maximum Gasteiger partial charge on any atom is 0.209 e. The first-order valence-electron chi connectivity index (χ1n) is 6.48. The molecular formula is C13H29N3O. The van der Waals surface area contributed by atoms with E-state index in [1.54, 1.807) is 0 Å². The Morgan fingerprint density at radius 3 is 1.65 bits per heavy atom. The average molecular weight is 243 g/mol. The minimum atomic E-state index is 0.615. The van der Waals surface area contributed by atoms with Gasteiger partial charge in [0.05, 0.1) is 0 Å². The van der Waals surface area contributed by atoms with Crippen molar-refractivity contribution in [1.82, 2.24) is 14.7 Å². The van der Waals surface area contributed by atoms with Crippen molar-refractivity contribution in [3.63, 3.8) is 0 Å². The van der Waals surface area contributed by atoms with Crippen molar-refractivity contribution in [2.75, 3.05) is 40.3 Å². The van der Waals surface area contributed by atoms with Crippen LogP contribution in [0.2, 0.25) is 0 Å². The summed E-state index contributed by atoms with van der Waals surface area (Å²) in [7, 11) is 4.15. The van der Waals surface area contributed by atoms with E-state index in [-0.39, 0.29) is 0 Å². The quantitative estimate of drug-likeness (QED) is 0.695. The zero-order chi connectivity index (χ0) is 13.4. The van der Waals surface area contributed by atoms with Crippen molar-refractivity contribution < 1.29 is 4.79 Å². The Kier molecular flexibility index (Phi) is 8.17. The van der Waals surface area contributed by atoms with Crippen LogP contribution in [0.15, 0.2) is 0 Å². The summed E-state index contributed by atoms with van der Waals surface area (Å²) in [6.07, 6.45) is 0.942. The van der Waals surface area contributed by atoms with Crippen LogP contribution in [-0.4, -0.2) is 73.5 Å². The Hall–Kier alpha value is -0.610. The summed E-state index contributed by atoms with van der Waals surface area (Å²) in [5, 5.41) is 0. The molecule has 1 aliphatic heterocycles. The van der Waals surface area contributed by atoms with Crippen LogP contribution in [0.4, 0.5) is 0 Å². The fraction of sp³-hybridized carbons (Fsp3) is 0.923. The van der Waals surface area contributed by atoms with Gasteiger partial charge >= 0.3 is 0 Å². The number of amides is 1. The molecule has 1 heterocycles. The third-order valence-electron chi connectivity index (χ3n) is 3.26. The lowest BCUT2D eigenvalue weighted by Crippen LogP contribution is -2.48. The summed E-state index contributed by atoms with van der Waals surface area (Å²) in [5.41, 5.74) is 0. The molecule has 0 aliphatic carbocycles. The number of rotatable bonds is 3. The molecule has 17 heavy (non-hydrogen) atoms. The molecule has 1 fully saturated rings. The smallest absolute Gasteiger partial charge is 0.209 e. The third-order valence-corrected chi connectivity index (χ3v) is 3.26. The van der Waals surface area contributed by atoms with Gasteiger partial charge in [-0.25, -0.2) is 0 Å². The molecule has 0 radical (unpaired) electrons. The minimum absolute atomic E-state index is 0.615. The zero-order valence-corrected chi connectivity index (χ0v) is 12.3. The van der Waals surface area contributed by atoms with Crippen LogP contribution in [-0.2, 0) is 4.79 Å². The fourth-order valence-electron chi connectivity index (χ4n) is 1.36. The minimum Gasteiger partial charge on any atom is -0.343 e. The van der Waals surface area contributed by atoms with E-state index in [2.05, 4.69) is 51.6 Å². The van der Waals surface area contributed by atoms with E-state index >= 15 is 0 Å². The third kappa shape index (κ3) is 7.34. The summed E-state index contributed by atoms with van der Waals surface area (Å²) >= 11 is 0. The number of carbonyl (C=O) groups excluding carboxylic acids is 1. The molecule has 1 aliphatic rings. The molecule has 0 aromatic carbocycles. The highest BCUT2D eigenvalue weighted by Crippen LogP contribution is 2.03. The number of hydrogen-bond acceptors (Lipinski definition) is 3. The zero-order valence-electron chi connectivity index (χ0n) is 12.3. The first-order valence-corrected chi connectivity index (χ1v) is 6.48. The lowest BCUT2D eigenvalue weighted by atomic mass is 10.2. The van der Waals surface area contributed by atoms with Crippen molar-refractivity contribution in [1.29, 1.82) is 0 Å². The molecular weight excluding hydrogens is 214 g/mol. The normalized spacial score (nSPS) is 17.4. The van der Waals surface area contributed by atoms with E-state index < -0.39 is 0 Å². The molecule has 0 unspecified atom stereocenters. The van der Waals surface area contributed by atoms with Gasteiger partial charge in [-0.05, 0) is 41.8 Å². The molecule has 1 saturated heterocycles. The second-order valence-corrected chi connectivity index (χ2v) is 5.33. The molecule has 0 bridgehead atoms. The van der Waals surface area contributed by atoms with Gasteiger partial charge in [-0.3, -0.25) is 9.69 Å². The van der Waals surface area contributed by atoms with Gasteiger partial charge in [0.1, 0.15) is 0 Å². The molecule has 1 rings (SSSR count). The Morgan fingerprint density at radius 2 is 1.41 bits per heavy atom. The monoisotopic (exact) mass is 243 g/mol. The Labute approximate surface area is 107 Å². The second-order valence-electron chi connectivity index (χ2n) is 5.33. The Balaban J connectivity index is 0.000000366. The van der Waals surface area contributed by atoms with Crippen LogP contribution in [0.1, 0.15) is 27.7 Å². The van der Waals surface area contributed by atoms with Gasteiger partial charge in [0, 0.05) is 38.3 Å². The van der Waals surface area contributed by atoms with Gasteiger partial charge in [0.2, 0.25) is 6.41 Å². The van der Waals surface area contributed by atoms with Crippen molar-refractivity contribution in [2.45, 2.75) is 39.8 Å². The maximum atomic E-state index is 10.3. The molecule has 0 saturated carbocycles. The number of carbonyl (C=O) groups is 1. The fourth-order valence-corrected chi connectivity index (χ4v) is 1.36. The first kappa shape index (κ1) is 16.4. The standard InChI is InChI=1S/C8H16N2O.C5H13N/c1-8(2)10-5-3-9(7-11)4-6-10;1-5(2)6(3)4/h7-8H,3-6H2,1-2H3;5H,1-4H3. The lowest BCUT2D eigenvalue weighted by Gasteiger charge is -2.34. The number of hydrogen-bond donors (Lipinski definition) is 0. The molecule has 4 heteroatoms. The summed E-state index contributed by atoms with van der Waals surface area (Å²) < 4.78 is 0. The summed E-state index contributed by atoms with van der Waals surface area (Å²) in [5.74, 6) is 0. The maximum absolute atomic E-state index is 10.3. The predicted molar refractivity (Wildman–Crippen MR) is 73.2 cm³/mol. The van der Waals surface area contributed by atoms with Crippen LogP contribution < -0.4 is 0 Å². The van der Waals surface area contributed by atoms with Gasteiger partial charge in [-0.15, -0.1) is 0 Å². The van der Waals surface area contributed by atoms with Crippen LogP contribution in [0.5, 0.6) is 0 Å². The topological polar surface area (TPSA) is 26.8 Å². The summed E-state index contributed by atoms with van der Waals surface area (Å²) in [4.78, 5) is 16.7. The van der Waals surface area contributed by atoms with Crippen molar-refractivity contribution in [3.05, 3.63) is 0 Å². The van der Waals surface area contributed by atoms with E-state index in [1.807, 2.05) is 4.90 Å². The van der Waals surface area contributed by atoms with E-state index in [1.165, 1.54) is 0 Å². The second kappa shape index (κ2) is 8.48. The summed E-state index contributed by atoms with van der Waals surface area (Å²) in [6, 6.07) is 1.30. The van der Waals surface area contributed by atoms with Crippen molar-refractivity contribution in [3.8, 4) is 0 Å². The number of nitrogens with zero attached hydrogens (tertiary/aromatic N) is 3.